The quantitative estimate of drug-likeness (QED) is 0.368. The van der Waals surface area contributed by atoms with Crippen molar-refractivity contribution in [2.45, 2.75) is 89.9 Å². The standard InChI is InChI=1S/C28H42/c1-2-4-6-8-10-12-14-16-18-20-22-24-26-28-27-25-23-21-19-17-15-13-11-9-7-5-3-1/h1-2,7-10,15-18,23-26H,3-6,11-14,19-22,27-28H2/b2-1-,9-7-,10-8?,17-15?,18-16?,25-23?,26-24?. The van der Waals surface area contributed by atoms with Gasteiger partial charge in [0.25, 0.3) is 0 Å². The molecule has 0 heterocycles. The van der Waals surface area contributed by atoms with E-state index in [1.54, 1.807) is 0 Å². The fraction of sp³-hybridized carbons (Fsp3) is 0.500. The number of hydrogen-bond donors (Lipinski definition) is 0. The SMILES string of the molecule is C1=CCCC=CCCC=CCC/C=C\CC/C=C\CCC=CCCC=CCC1. The molecule has 0 atom stereocenters. The third-order valence-electron chi connectivity index (χ3n) is 4.67. The molecule has 0 amide bonds. The summed E-state index contributed by atoms with van der Waals surface area (Å²) in [5, 5.41) is 0. The monoisotopic (exact) mass is 378 g/mol. The maximum Gasteiger partial charge on any atom is -0.0316 e. The molecule has 0 saturated carbocycles. The lowest BCUT2D eigenvalue weighted by atomic mass is 10.1. The van der Waals surface area contributed by atoms with Crippen molar-refractivity contribution in [1.29, 1.82) is 0 Å². The second kappa shape index (κ2) is 21.5. The normalized spacial score (nSPS) is 22.3. The average Bonchev–Trinajstić information content (AvgIpc) is 2.71. The highest BCUT2D eigenvalue weighted by atomic mass is 13.9. The second-order valence-electron chi connectivity index (χ2n) is 7.34. The summed E-state index contributed by atoms with van der Waals surface area (Å²) in [6.45, 7) is 0. The van der Waals surface area contributed by atoms with Crippen LogP contribution in [0.1, 0.15) is 89.9 Å². The van der Waals surface area contributed by atoms with Gasteiger partial charge in [-0.15, -0.1) is 0 Å². The number of hydrogen-bond acceptors (Lipinski definition) is 0. The molecule has 0 aromatic carbocycles. The van der Waals surface area contributed by atoms with Crippen molar-refractivity contribution in [2.75, 3.05) is 0 Å². The second-order valence-corrected chi connectivity index (χ2v) is 7.34. The van der Waals surface area contributed by atoms with E-state index in [-0.39, 0.29) is 0 Å². The van der Waals surface area contributed by atoms with Crippen LogP contribution in [0.25, 0.3) is 0 Å². The first kappa shape index (κ1) is 24.2. The molecule has 0 bridgehead atoms. The topological polar surface area (TPSA) is 0 Å². The highest BCUT2D eigenvalue weighted by Crippen LogP contribution is 2.04. The van der Waals surface area contributed by atoms with Crippen molar-refractivity contribution in [1.82, 2.24) is 0 Å². The Bertz CT molecular complexity index is 343. The van der Waals surface area contributed by atoms with E-state index in [0.29, 0.717) is 0 Å². The summed E-state index contributed by atoms with van der Waals surface area (Å²) in [5.74, 6) is 0. The molecule has 1 rings (SSSR count). The zero-order valence-corrected chi connectivity index (χ0v) is 18.0. The van der Waals surface area contributed by atoms with E-state index in [1.807, 2.05) is 0 Å². The van der Waals surface area contributed by atoms with Crippen LogP contribution in [0, 0.1) is 0 Å². The summed E-state index contributed by atoms with van der Waals surface area (Å²) in [7, 11) is 0. The van der Waals surface area contributed by atoms with Gasteiger partial charge in [0.1, 0.15) is 0 Å². The Morgan fingerprint density at radius 1 is 0.143 bits per heavy atom. The smallest absolute Gasteiger partial charge is 0.0316 e. The first-order valence-electron chi connectivity index (χ1n) is 11.5. The fourth-order valence-electron chi connectivity index (χ4n) is 3.00. The first-order valence-corrected chi connectivity index (χ1v) is 11.5. The molecule has 28 heavy (non-hydrogen) atoms. The Morgan fingerprint density at radius 2 is 0.214 bits per heavy atom. The molecule has 0 spiro atoms. The Hall–Kier alpha value is -1.82. The third kappa shape index (κ3) is 19.0. The predicted molar refractivity (Wildman–Crippen MR) is 129 cm³/mol. The summed E-state index contributed by atoms with van der Waals surface area (Å²) >= 11 is 0. The van der Waals surface area contributed by atoms with Gasteiger partial charge in [0, 0.05) is 0 Å². The van der Waals surface area contributed by atoms with E-state index < -0.39 is 0 Å². The molecule has 0 aromatic heterocycles. The summed E-state index contributed by atoms with van der Waals surface area (Å²) in [4.78, 5) is 0. The molecule has 0 unspecified atom stereocenters. The summed E-state index contributed by atoms with van der Waals surface area (Å²) in [6.07, 6.45) is 49.0. The Balaban J connectivity index is 2.29. The van der Waals surface area contributed by atoms with Gasteiger partial charge < -0.3 is 0 Å². The number of allylic oxidation sites excluding steroid dienone is 14. The van der Waals surface area contributed by atoms with Gasteiger partial charge in [0.15, 0.2) is 0 Å². The molecular weight excluding hydrogens is 336 g/mol. The van der Waals surface area contributed by atoms with Gasteiger partial charge in [0.05, 0.1) is 0 Å². The highest BCUT2D eigenvalue weighted by molar-refractivity contribution is 4.95. The molecular formula is C28H42. The molecule has 0 N–H and O–H groups in total. The molecule has 1 aliphatic carbocycles. The Kier molecular flexibility index (Phi) is 18.6. The van der Waals surface area contributed by atoms with E-state index in [2.05, 4.69) is 85.1 Å². The van der Waals surface area contributed by atoms with E-state index in [9.17, 15) is 0 Å². The minimum Gasteiger partial charge on any atom is -0.0882 e. The van der Waals surface area contributed by atoms with Crippen LogP contribution in [0.2, 0.25) is 0 Å². The average molecular weight is 379 g/mol. The van der Waals surface area contributed by atoms with Gasteiger partial charge in [-0.2, -0.15) is 0 Å². The van der Waals surface area contributed by atoms with Gasteiger partial charge in [-0.3, -0.25) is 0 Å². The number of rotatable bonds is 0. The molecule has 154 valence electrons. The molecule has 0 saturated heterocycles. The molecule has 0 aromatic rings. The summed E-state index contributed by atoms with van der Waals surface area (Å²) in [5.41, 5.74) is 0. The molecule has 0 fully saturated rings. The van der Waals surface area contributed by atoms with Crippen LogP contribution in [0.3, 0.4) is 0 Å². The largest absolute Gasteiger partial charge is 0.0882 e. The molecule has 1 aliphatic rings. The van der Waals surface area contributed by atoms with Crippen molar-refractivity contribution in [3.05, 3.63) is 85.1 Å². The van der Waals surface area contributed by atoms with Crippen molar-refractivity contribution in [2.24, 2.45) is 0 Å². The minimum absolute atomic E-state index is 1.17. The van der Waals surface area contributed by atoms with Crippen LogP contribution in [-0.4, -0.2) is 0 Å². The summed E-state index contributed by atoms with van der Waals surface area (Å²) < 4.78 is 0. The zero-order chi connectivity index (χ0) is 19.8. The van der Waals surface area contributed by atoms with E-state index in [1.165, 1.54) is 89.9 Å². The third-order valence-corrected chi connectivity index (χ3v) is 4.67. The van der Waals surface area contributed by atoms with Crippen LogP contribution < -0.4 is 0 Å². The predicted octanol–water partition coefficient (Wildman–Crippen LogP) is 9.35. The maximum absolute atomic E-state index is 2.33. The minimum atomic E-state index is 1.17. The van der Waals surface area contributed by atoms with Crippen LogP contribution in [0.5, 0.6) is 0 Å². The van der Waals surface area contributed by atoms with Crippen LogP contribution in [0.15, 0.2) is 85.1 Å². The van der Waals surface area contributed by atoms with Gasteiger partial charge in [-0.05, 0) is 89.9 Å². The lowest BCUT2D eigenvalue weighted by Gasteiger charge is -1.92. The lowest BCUT2D eigenvalue weighted by molar-refractivity contribution is 0.962. The van der Waals surface area contributed by atoms with Gasteiger partial charge in [-0.25, -0.2) is 0 Å². The fourth-order valence-corrected chi connectivity index (χ4v) is 3.00. The first-order chi connectivity index (χ1) is 14.0. The zero-order valence-electron chi connectivity index (χ0n) is 18.0. The van der Waals surface area contributed by atoms with E-state index in [0.717, 1.165) is 0 Å². The maximum atomic E-state index is 2.33. The van der Waals surface area contributed by atoms with Crippen LogP contribution >= 0.6 is 0 Å². The van der Waals surface area contributed by atoms with Crippen molar-refractivity contribution in [3.63, 3.8) is 0 Å². The van der Waals surface area contributed by atoms with Gasteiger partial charge in [0.2, 0.25) is 0 Å². The van der Waals surface area contributed by atoms with Gasteiger partial charge >= 0.3 is 0 Å². The van der Waals surface area contributed by atoms with Crippen molar-refractivity contribution in [3.8, 4) is 0 Å². The van der Waals surface area contributed by atoms with E-state index in [4.69, 9.17) is 0 Å². The highest BCUT2D eigenvalue weighted by Gasteiger charge is 1.83. The van der Waals surface area contributed by atoms with Gasteiger partial charge in [-0.1, -0.05) is 85.1 Å². The van der Waals surface area contributed by atoms with Crippen molar-refractivity contribution >= 4 is 0 Å². The Labute approximate surface area is 175 Å². The molecule has 0 radical (unpaired) electrons. The van der Waals surface area contributed by atoms with Crippen LogP contribution in [-0.2, 0) is 0 Å². The van der Waals surface area contributed by atoms with Crippen LogP contribution in [0.4, 0.5) is 0 Å². The molecule has 0 nitrogen and oxygen atoms in total. The molecule has 0 aliphatic heterocycles. The summed E-state index contributed by atoms with van der Waals surface area (Å²) in [6, 6.07) is 0. The lowest BCUT2D eigenvalue weighted by Crippen LogP contribution is -1.71. The van der Waals surface area contributed by atoms with E-state index >= 15 is 0 Å². The molecule has 0 heteroatoms. The Morgan fingerprint density at radius 3 is 0.286 bits per heavy atom. The van der Waals surface area contributed by atoms with Crippen molar-refractivity contribution < 1.29 is 0 Å².